The Morgan fingerprint density at radius 2 is 1.79 bits per heavy atom. The van der Waals surface area contributed by atoms with Crippen LogP contribution in [0.3, 0.4) is 0 Å². The topological polar surface area (TPSA) is 32.3 Å². The highest BCUT2D eigenvalue weighted by Gasteiger charge is 2.21. The summed E-state index contributed by atoms with van der Waals surface area (Å²) in [5.41, 5.74) is 1.12. The predicted molar refractivity (Wildman–Crippen MR) is 54.3 cm³/mol. The van der Waals surface area contributed by atoms with E-state index in [9.17, 15) is 5.21 Å². The van der Waals surface area contributed by atoms with Gasteiger partial charge in [-0.3, -0.25) is 0 Å². The maximum Gasteiger partial charge on any atom is 0.104 e. The second-order valence-corrected chi connectivity index (χ2v) is 3.76. The molecule has 1 saturated heterocycles. The number of ether oxygens (including phenoxy) is 1. The molecule has 1 fully saturated rings. The van der Waals surface area contributed by atoms with Crippen molar-refractivity contribution < 1.29 is 9.38 Å². The molecule has 0 unspecified atom stereocenters. The molecule has 0 N–H and O–H groups in total. The number of quaternary nitrogens is 1. The Morgan fingerprint density at radius 3 is 2.43 bits per heavy atom. The standard InChI is InChI=1S/C11H15NO2/c13-12(6-8-14-9-7-12)10-11-4-2-1-3-5-11/h1-5H,6-10H2. The zero-order valence-electron chi connectivity index (χ0n) is 8.19. The van der Waals surface area contributed by atoms with Crippen LogP contribution < -0.4 is 0 Å². The molecular formula is C11H15NO2. The van der Waals surface area contributed by atoms with E-state index < -0.39 is 0 Å². The van der Waals surface area contributed by atoms with Gasteiger partial charge in [0, 0.05) is 5.56 Å². The summed E-state index contributed by atoms with van der Waals surface area (Å²) in [6.07, 6.45) is 0. The fourth-order valence-electron chi connectivity index (χ4n) is 1.75. The molecule has 0 radical (unpaired) electrons. The molecule has 0 amide bonds. The first-order chi connectivity index (χ1) is 6.79. The lowest BCUT2D eigenvalue weighted by Crippen LogP contribution is -2.49. The van der Waals surface area contributed by atoms with Crippen LogP contribution in [0, 0.1) is 5.21 Å². The molecule has 1 aliphatic rings. The molecule has 3 heteroatoms. The van der Waals surface area contributed by atoms with Gasteiger partial charge in [0.2, 0.25) is 0 Å². The first-order valence-corrected chi connectivity index (χ1v) is 4.97. The molecular weight excluding hydrogens is 178 g/mol. The second-order valence-electron chi connectivity index (χ2n) is 3.76. The number of hydrogen-bond acceptors (Lipinski definition) is 2. The zero-order chi connectivity index (χ0) is 9.86. The summed E-state index contributed by atoms with van der Waals surface area (Å²) in [5, 5.41) is 12.1. The van der Waals surface area contributed by atoms with Gasteiger partial charge >= 0.3 is 0 Å². The highest BCUT2D eigenvalue weighted by molar-refractivity contribution is 5.13. The maximum absolute atomic E-state index is 12.1. The Labute approximate surface area is 84.1 Å². The van der Waals surface area contributed by atoms with Crippen molar-refractivity contribution in [2.24, 2.45) is 0 Å². The van der Waals surface area contributed by atoms with Crippen LogP contribution in [0.15, 0.2) is 30.3 Å². The van der Waals surface area contributed by atoms with Gasteiger partial charge in [-0.15, -0.1) is 0 Å². The minimum absolute atomic E-state index is 0.135. The third kappa shape index (κ3) is 2.32. The minimum Gasteiger partial charge on any atom is -0.632 e. The summed E-state index contributed by atoms with van der Waals surface area (Å²) in [6, 6.07) is 9.93. The van der Waals surface area contributed by atoms with Crippen LogP contribution in [0.5, 0.6) is 0 Å². The van der Waals surface area contributed by atoms with Gasteiger partial charge in [-0.1, -0.05) is 30.3 Å². The van der Waals surface area contributed by atoms with Crippen LogP contribution in [0.2, 0.25) is 0 Å². The van der Waals surface area contributed by atoms with Crippen molar-refractivity contribution in [2.75, 3.05) is 26.3 Å². The van der Waals surface area contributed by atoms with Crippen molar-refractivity contribution in [3.8, 4) is 0 Å². The fraction of sp³-hybridized carbons (Fsp3) is 0.455. The molecule has 1 aromatic rings. The third-order valence-electron chi connectivity index (χ3n) is 2.60. The van der Waals surface area contributed by atoms with E-state index in [1.807, 2.05) is 30.3 Å². The van der Waals surface area contributed by atoms with E-state index in [2.05, 4.69) is 0 Å². The number of hydroxylamine groups is 3. The Kier molecular flexibility index (Phi) is 2.82. The first kappa shape index (κ1) is 9.65. The van der Waals surface area contributed by atoms with Crippen LogP contribution in [0.4, 0.5) is 0 Å². The molecule has 1 aromatic carbocycles. The normalized spacial score (nSPS) is 20.6. The van der Waals surface area contributed by atoms with E-state index in [4.69, 9.17) is 4.74 Å². The van der Waals surface area contributed by atoms with Crippen molar-refractivity contribution in [1.29, 1.82) is 0 Å². The van der Waals surface area contributed by atoms with E-state index in [0.29, 0.717) is 32.8 Å². The lowest BCUT2D eigenvalue weighted by molar-refractivity contribution is -0.901. The van der Waals surface area contributed by atoms with Crippen molar-refractivity contribution in [1.82, 2.24) is 0 Å². The lowest BCUT2D eigenvalue weighted by atomic mass is 10.2. The first-order valence-electron chi connectivity index (χ1n) is 4.97. The summed E-state index contributed by atoms with van der Waals surface area (Å²) in [6.45, 7) is 2.92. The average Bonchev–Trinajstić information content (AvgIpc) is 2.19. The molecule has 76 valence electrons. The molecule has 0 saturated carbocycles. The second kappa shape index (κ2) is 4.09. The minimum atomic E-state index is -0.135. The fourth-order valence-corrected chi connectivity index (χ4v) is 1.75. The summed E-state index contributed by atoms with van der Waals surface area (Å²) in [4.78, 5) is 0. The van der Waals surface area contributed by atoms with Crippen LogP contribution >= 0.6 is 0 Å². The molecule has 0 aromatic heterocycles. The molecule has 0 spiro atoms. The molecule has 1 aliphatic heterocycles. The molecule has 3 nitrogen and oxygen atoms in total. The molecule has 0 atom stereocenters. The highest BCUT2D eigenvalue weighted by Crippen LogP contribution is 2.15. The number of nitrogens with zero attached hydrogens (tertiary/aromatic N) is 1. The van der Waals surface area contributed by atoms with Crippen molar-refractivity contribution in [3.63, 3.8) is 0 Å². The Hall–Kier alpha value is -0.900. The SMILES string of the molecule is [O-][N+]1(Cc2ccccc2)CCOCC1. The average molecular weight is 193 g/mol. The van der Waals surface area contributed by atoms with Crippen LogP contribution in [-0.2, 0) is 11.3 Å². The number of hydrogen-bond donors (Lipinski definition) is 0. The van der Waals surface area contributed by atoms with E-state index >= 15 is 0 Å². The van der Waals surface area contributed by atoms with Gasteiger partial charge in [0.05, 0.1) is 13.2 Å². The van der Waals surface area contributed by atoms with Gasteiger partial charge in [0.25, 0.3) is 0 Å². The van der Waals surface area contributed by atoms with Crippen LogP contribution in [0.25, 0.3) is 0 Å². The summed E-state index contributed by atoms with van der Waals surface area (Å²) >= 11 is 0. The van der Waals surface area contributed by atoms with Crippen molar-refractivity contribution >= 4 is 0 Å². The van der Waals surface area contributed by atoms with Crippen LogP contribution in [0.1, 0.15) is 5.56 Å². The number of benzene rings is 1. The molecule has 14 heavy (non-hydrogen) atoms. The van der Waals surface area contributed by atoms with Gasteiger partial charge in [-0.05, 0) is 0 Å². The largest absolute Gasteiger partial charge is 0.632 e. The van der Waals surface area contributed by atoms with Gasteiger partial charge in [0.1, 0.15) is 19.6 Å². The van der Waals surface area contributed by atoms with E-state index in [-0.39, 0.29) is 4.65 Å². The molecule has 2 rings (SSSR count). The van der Waals surface area contributed by atoms with Crippen molar-refractivity contribution in [2.45, 2.75) is 6.54 Å². The van der Waals surface area contributed by atoms with Crippen molar-refractivity contribution in [3.05, 3.63) is 41.1 Å². The van der Waals surface area contributed by atoms with E-state index in [1.54, 1.807) is 0 Å². The van der Waals surface area contributed by atoms with Gasteiger partial charge in [-0.2, -0.15) is 0 Å². The van der Waals surface area contributed by atoms with Gasteiger partial charge < -0.3 is 14.6 Å². The summed E-state index contributed by atoms with van der Waals surface area (Å²) in [7, 11) is 0. The summed E-state index contributed by atoms with van der Waals surface area (Å²) < 4.78 is 5.05. The predicted octanol–water partition coefficient (Wildman–Crippen LogP) is 1.53. The monoisotopic (exact) mass is 193 g/mol. The molecule has 1 heterocycles. The lowest BCUT2D eigenvalue weighted by Gasteiger charge is -2.45. The third-order valence-corrected chi connectivity index (χ3v) is 2.60. The number of morpholine rings is 1. The maximum atomic E-state index is 12.1. The Morgan fingerprint density at radius 1 is 1.14 bits per heavy atom. The van der Waals surface area contributed by atoms with Crippen LogP contribution in [-0.4, -0.2) is 30.9 Å². The Balaban J connectivity index is 2.02. The quantitative estimate of drug-likeness (QED) is 0.527. The molecule has 0 aliphatic carbocycles. The summed E-state index contributed by atoms with van der Waals surface area (Å²) in [5.74, 6) is 0. The van der Waals surface area contributed by atoms with E-state index in [0.717, 1.165) is 5.56 Å². The smallest absolute Gasteiger partial charge is 0.104 e. The van der Waals surface area contributed by atoms with Gasteiger partial charge in [0.15, 0.2) is 0 Å². The molecule has 0 bridgehead atoms. The highest BCUT2D eigenvalue weighted by atomic mass is 16.6. The zero-order valence-corrected chi connectivity index (χ0v) is 8.19. The van der Waals surface area contributed by atoms with Gasteiger partial charge in [-0.25, -0.2) is 0 Å². The van der Waals surface area contributed by atoms with E-state index in [1.165, 1.54) is 0 Å². The Bertz CT molecular complexity index is 281. The number of rotatable bonds is 2.